The van der Waals surface area contributed by atoms with Crippen LogP contribution in [0.5, 0.6) is 0 Å². The molecule has 116 valence electrons. The van der Waals surface area contributed by atoms with Gasteiger partial charge in [0.1, 0.15) is 0 Å². The van der Waals surface area contributed by atoms with Crippen molar-refractivity contribution in [3.63, 3.8) is 0 Å². The van der Waals surface area contributed by atoms with Gasteiger partial charge in [-0.15, -0.1) is 0 Å². The third-order valence-corrected chi connectivity index (χ3v) is 5.14. The second-order valence-corrected chi connectivity index (χ2v) is 7.62. The van der Waals surface area contributed by atoms with Crippen molar-refractivity contribution >= 4 is 15.7 Å². The van der Waals surface area contributed by atoms with Gasteiger partial charge in [0, 0.05) is 23.9 Å². The molecule has 21 heavy (non-hydrogen) atoms. The Morgan fingerprint density at radius 3 is 2.05 bits per heavy atom. The molecule has 0 spiro atoms. The first-order valence-electron chi connectivity index (χ1n) is 7.18. The SMILES string of the molecule is CNC1CCC(NC(=O)c2ccc(S(C)(=O)=O)cc2)CC1. The highest BCUT2D eigenvalue weighted by molar-refractivity contribution is 7.90. The Morgan fingerprint density at radius 2 is 1.57 bits per heavy atom. The molecule has 1 aromatic carbocycles. The molecule has 0 aliphatic heterocycles. The van der Waals surface area contributed by atoms with E-state index in [1.807, 2.05) is 7.05 Å². The molecule has 1 amide bonds. The van der Waals surface area contributed by atoms with E-state index in [-0.39, 0.29) is 16.8 Å². The Morgan fingerprint density at radius 1 is 1.05 bits per heavy atom. The Bertz CT molecular complexity index is 588. The van der Waals surface area contributed by atoms with Crippen molar-refractivity contribution in [3.8, 4) is 0 Å². The minimum Gasteiger partial charge on any atom is -0.349 e. The lowest BCUT2D eigenvalue weighted by atomic mass is 9.91. The molecule has 6 heteroatoms. The van der Waals surface area contributed by atoms with E-state index in [9.17, 15) is 13.2 Å². The van der Waals surface area contributed by atoms with Crippen LogP contribution < -0.4 is 10.6 Å². The van der Waals surface area contributed by atoms with Crippen LogP contribution in [0.3, 0.4) is 0 Å². The number of nitrogens with one attached hydrogen (secondary N) is 2. The molecule has 1 saturated carbocycles. The molecule has 2 N–H and O–H groups in total. The summed E-state index contributed by atoms with van der Waals surface area (Å²) in [5, 5.41) is 6.28. The number of hydrogen-bond donors (Lipinski definition) is 2. The highest BCUT2D eigenvalue weighted by atomic mass is 32.2. The predicted octanol–water partition coefficient (Wildman–Crippen LogP) is 1.35. The van der Waals surface area contributed by atoms with Crippen LogP contribution in [-0.2, 0) is 9.84 Å². The maximum atomic E-state index is 12.1. The summed E-state index contributed by atoms with van der Waals surface area (Å²) in [7, 11) is -1.26. The van der Waals surface area contributed by atoms with Crippen molar-refractivity contribution in [2.45, 2.75) is 42.7 Å². The lowest BCUT2D eigenvalue weighted by Gasteiger charge is -2.28. The summed E-state index contributed by atoms with van der Waals surface area (Å²) in [6.07, 6.45) is 5.22. The predicted molar refractivity (Wildman–Crippen MR) is 82.1 cm³/mol. The molecule has 0 heterocycles. The highest BCUT2D eigenvalue weighted by Crippen LogP contribution is 2.19. The van der Waals surface area contributed by atoms with Gasteiger partial charge in [-0.25, -0.2) is 8.42 Å². The van der Waals surface area contributed by atoms with E-state index in [0.29, 0.717) is 11.6 Å². The van der Waals surface area contributed by atoms with Crippen molar-refractivity contribution in [2.24, 2.45) is 0 Å². The lowest BCUT2D eigenvalue weighted by molar-refractivity contribution is 0.0924. The fourth-order valence-corrected chi connectivity index (χ4v) is 3.28. The standard InChI is InChI=1S/C15H22N2O3S/c1-16-12-5-7-13(8-6-12)17-15(18)11-3-9-14(10-4-11)21(2,19)20/h3-4,9-10,12-13,16H,5-8H2,1-2H3,(H,17,18). The molecule has 1 fully saturated rings. The van der Waals surface area contributed by atoms with Gasteiger partial charge in [0.05, 0.1) is 4.90 Å². The van der Waals surface area contributed by atoms with Crippen LogP contribution in [0, 0.1) is 0 Å². The molecule has 0 saturated heterocycles. The maximum absolute atomic E-state index is 12.1. The van der Waals surface area contributed by atoms with Gasteiger partial charge in [0.25, 0.3) is 5.91 Å². The zero-order valence-electron chi connectivity index (χ0n) is 12.4. The van der Waals surface area contributed by atoms with Gasteiger partial charge in [0.2, 0.25) is 0 Å². The topological polar surface area (TPSA) is 75.3 Å². The molecule has 1 aliphatic rings. The van der Waals surface area contributed by atoms with Gasteiger partial charge >= 0.3 is 0 Å². The van der Waals surface area contributed by atoms with Crippen molar-refractivity contribution in [2.75, 3.05) is 13.3 Å². The van der Waals surface area contributed by atoms with E-state index in [4.69, 9.17) is 0 Å². The quantitative estimate of drug-likeness (QED) is 0.880. The summed E-state index contributed by atoms with van der Waals surface area (Å²) >= 11 is 0. The lowest BCUT2D eigenvalue weighted by Crippen LogP contribution is -2.41. The van der Waals surface area contributed by atoms with Crippen molar-refractivity contribution in [1.29, 1.82) is 0 Å². The van der Waals surface area contributed by atoms with Gasteiger partial charge in [-0.1, -0.05) is 0 Å². The Labute approximate surface area is 126 Å². The molecule has 1 aromatic rings. The summed E-state index contributed by atoms with van der Waals surface area (Å²) in [5.41, 5.74) is 0.498. The van der Waals surface area contributed by atoms with Crippen LogP contribution in [0.25, 0.3) is 0 Å². The monoisotopic (exact) mass is 310 g/mol. The van der Waals surface area contributed by atoms with Crippen LogP contribution in [0.4, 0.5) is 0 Å². The van der Waals surface area contributed by atoms with E-state index in [0.717, 1.165) is 31.9 Å². The van der Waals surface area contributed by atoms with Crippen LogP contribution in [-0.4, -0.2) is 39.7 Å². The van der Waals surface area contributed by atoms with E-state index in [1.54, 1.807) is 12.1 Å². The first-order chi connectivity index (χ1) is 9.90. The number of rotatable bonds is 4. The normalized spacial score (nSPS) is 22.8. The van der Waals surface area contributed by atoms with Gasteiger partial charge in [0.15, 0.2) is 9.84 Å². The number of carbonyl (C=O) groups is 1. The summed E-state index contributed by atoms with van der Waals surface area (Å²) in [6.45, 7) is 0. The molecule has 0 radical (unpaired) electrons. The number of benzene rings is 1. The molecular formula is C15H22N2O3S. The fraction of sp³-hybridized carbons (Fsp3) is 0.533. The first kappa shape index (κ1) is 16.0. The summed E-state index contributed by atoms with van der Waals surface area (Å²) in [6, 6.07) is 6.82. The molecule has 2 rings (SSSR count). The van der Waals surface area contributed by atoms with Crippen molar-refractivity contribution in [3.05, 3.63) is 29.8 Å². The summed E-state index contributed by atoms with van der Waals surface area (Å²) < 4.78 is 22.8. The second kappa shape index (κ2) is 6.58. The smallest absolute Gasteiger partial charge is 0.251 e. The third kappa shape index (κ3) is 4.28. The average molecular weight is 310 g/mol. The zero-order valence-corrected chi connectivity index (χ0v) is 13.2. The van der Waals surface area contributed by atoms with E-state index in [2.05, 4.69) is 10.6 Å². The van der Waals surface area contributed by atoms with Gasteiger partial charge in [-0.3, -0.25) is 4.79 Å². The van der Waals surface area contributed by atoms with Gasteiger partial charge < -0.3 is 10.6 Å². The first-order valence-corrected chi connectivity index (χ1v) is 9.07. The number of hydrogen-bond acceptors (Lipinski definition) is 4. The summed E-state index contributed by atoms with van der Waals surface area (Å²) in [5.74, 6) is -0.136. The molecule has 0 bridgehead atoms. The Balaban J connectivity index is 1.95. The van der Waals surface area contributed by atoms with Gasteiger partial charge in [-0.2, -0.15) is 0 Å². The van der Waals surface area contributed by atoms with Crippen molar-refractivity contribution < 1.29 is 13.2 Å². The van der Waals surface area contributed by atoms with Crippen LogP contribution in [0.15, 0.2) is 29.2 Å². The third-order valence-electron chi connectivity index (χ3n) is 4.02. The maximum Gasteiger partial charge on any atom is 0.251 e. The molecule has 1 aliphatic carbocycles. The number of carbonyl (C=O) groups excluding carboxylic acids is 1. The van der Waals surface area contributed by atoms with E-state index < -0.39 is 9.84 Å². The molecule has 0 atom stereocenters. The minimum absolute atomic E-state index is 0.136. The molecule has 0 unspecified atom stereocenters. The molecule has 5 nitrogen and oxygen atoms in total. The summed E-state index contributed by atoms with van der Waals surface area (Å²) in [4.78, 5) is 12.4. The van der Waals surface area contributed by atoms with Crippen LogP contribution >= 0.6 is 0 Å². The Hall–Kier alpha value is -1.40. The van der Waals surface area contributed by atoms with Gasteiger partial charge in [-0.05, 0) is 57.0 Å². The van der Waals surface area contributed by atoms with Crippen LogP contribution in [0.1, 0.15) is 36.0 Å². The average Bonchev–Trinajstić information content (AvgIpc) is 2.47. The molecule has 0 aromatic heterocycles. The van der Waals surface area contributed by atoms with E-state index >= 15 is 0 Å². The van der Waals surface area contributed by atoms with Crippen molar-refractivity contribution in [1.82, 2.24) is 10.6 Å². The Kier molecular flexibility index (Phi) is 5.00. The van der Waals surface area contributed by atoms with E-state index in [1.165, 1.54) is 12.1 Å². The number of amides is 1. The highest BCUT2D eigenvalue weighted by Gasteiger charge is 2.21. The second-order valence-electron chi connectivity index (χ2n) is 5.61. The van der Waals surface area contributed by atoms with Crippen LogP contribution in [0.2, 0.25) is 0 Å². The minimum atomic E-state index is -3.22. The number of sulfone groups is 1. The fourth-order valence-electron chi connectivity index (χ4n) is 2.65. The molecular weight excluding hydrogens is 288 g/mol. The largest absolute Gasteiger partial charge is 0.349 e. The zero-order chi connectivity index (χ0) is 15.5.